The summed E-state index contributed by atoms with van der Waals surface area (Å²) in [5.74, 6) is -1.14. The van der Waals surface area contributed by atoms with Crippen molar-refractivity contribution in [3.63, 3.8) is 0 Å². The monoisotopic (exact) mass is 1070 g/mol. The second-order valence-electron chi connectivity index (χ2n) is 18.2. The Bertz CT molecular complexity index is 2170. The smallest absolute Gasteiger partial charge is 0.252 e. The number of anilines is 1. The molecule has 4 unspecified atom stereocenters. The van der Waals surface area contributed by atoms with Crippen LogP contribution in [0.1, 0.15) is 70.0 Å². The summed E-state index contributed by atoms with van der Waals surface area (Å²) < 4.78 is 33.7. The van der Waals surface area contributed by atoms with E-state index >= 15 is 0 Å². The standard InChI is InChI=1S/C54H70Cl4N4O10/c1-61-33-45(43-29-40(55)31-49(57)47(43)35-61)38-9-3-7-37(27-38)8-5-15-67-19-23-71-24-20-68-16-6-12-51(63)52(64)53(65)54(66)60-14-18-70-22-26-72-25-21-69-17-13-59-42-11-4-10-39(28-42)46-34-62(2)36-48-44(46)30-41(56)32-50(48)58/h3-4,7,9-11,27-32,45-46,52-53,59,64-65H,5-6,8,12-26,33-36H2,1-2H3,(H,60,66). The molecule has 4 aromatic carbocycles. The molecule has 4 N–H and O–H groups in total. The van der Waals surface area contributed by atoms with Crippen molar-refractivity contribution >= 4 is 63.8 Å². The number of aryl methyl sites for hydroxylation is 1. The van der Waals surface area contributed by atoms with Gasteiger partial charge in [-0.05, 0) is 109 Å². The van der Waals surface area contributed by atoms with Gasteiger partial charge in [-0.25, -0.2) is 0 Å². The van der Waals surface area contributed by atoms with Crippen molar-refractivity contribution in [3.05, 3.63) is 132 Å². The summed E-state index contributed by atoms with van der Waals surface area (Å²) >= 11 is 25.9. The number of benzene rings is 4. The first-order valence-electron chi connectivity index (χ1n) is 24.8. The topological polar surface area (TPSA) is 161 Å². The number of ketones is 1. The van der Waals surface area contributed by atoms with Gasteiger partial charge in [0.2, 0.25) is 0 Å². The van der Waals surface area contributed by atoms with E-state index in [-0.39, 0.29) is 38.0 Å². The van der Waals surface area contributed by atoms with E-state index in [2.05, 4.69) is 77.0 Å². The summed E-state index contributed by atoms with van der Waals surface area (Å²) in [5, 5.41) is 29.1. The lowest BCUT2D eigenvalue weighted by atomic mass is 9.84. The van der Waals surface area contributed by atoms with Crippen LogP contribution in [0.5, 0.6) is 0 Å². The molecule has 14 nitrogen and oxygen atoms in total. The Labute approximate surface area is 444 Å². The molecule has 0 bridgehead atoms. The number of ether oxygens (including phenoxy) is 6. The number of Topliss-reactive ketones (excluding diaryl/α,β-unsaturated/α-hetero) is 1. The molecule has 2 heterocycles. The fourth-order valence-corrected chi connectivity index (χ4v) is 10.1. The predicted octanol–water partition coefficient (Wildman–Crippen LogP) is 7.79. The van der Waals surface area contributed by atoms with Crippen molar-refractivity contribution in [1.29, 1.82) is 0 Å². The van der Waals surface area contributed by atoms with Crippen LogP contribution >= 0.6 is 46.4 Å². The Hall–Kier alpha value is -3.42. The van der Waals surface area contributed by atoms with Crippen LogP contribution in [0.15, 0.2) is 72.8 Å². The first-order valence-corrected chi connectivity index (χ1v) is 26.3. The molecule has 0 spiro atoms. The van der Waals surface area contributed by atoms with Crippen LogP contribution in [0.2, 0.25) is 20.1 Å². The van der Waals surface area contributed by atoms with E-state index in [0.29, 0.717) is 99.1 Å². The average Bonchev–Trinajstić information content (AvgIpc) is 3.36. The minimum Gasteiger partial charge on any atom is -0.383 e. The normalized spacial score (nSPS) is 16.8. The molecule has 4 aromatic rings. The summed E-state index contributed by atoms with van der Waals surface area (Å²) in [5.41, 5.74) is 9.34. The number of amides is 1. The number of halogens is 4. The lowest BCUT2D eigenvalue weighted by Crippen LogP contribution is -2.46. The minimum atomic E-state index is -1.89. The second kappa shape index (κ2) is 30.8. The first-order chi connectivity index (χ1) is 34.9. The van der Waals surface area contributed by atoms with E-state index in [1.54, 1.807) is 0 Å². The molecule has 6 rings (SSSR count). The number of likely N-dealkylation sites (N-methyl/N-ethyl adjacent to an activating group) is 2. The highest BCUT2D eigenvalue weighted by atomic mass is 35.5. The van der Waals surface area contributed by atoms with Gasteiger partial charge < -0.3 is 59.1 Å². The summed E-state index contributed by atoms with van der Waals surface area (Å²) in [6.45, 7) is 8.68. The van der Waals surface area contributed by atoms with E-state index in [1.807, 2.05) is 30.3 Å². The van der Waals surface area contributed by atoms with Crippen LogP contribution in [-0.2, 0) is 57.5 Å². The molecule has 0 saturated heterocycles. The molecule has 1 amide bonds. The van der Waals surface area contributed by atoms with Crippen LogP contribution in [0.25, 0.3) is 0 Å². The van der Waals surface area contributed by atoms with Gasteiger partial charge in [0, 0.05) is 96.5 Å². The molecule has 2 aliphatic heterocycles. The molecule has 0 radical (unpaired) electrons. The zero-order valence-electron chi connectivity index (χ0n) is 41.4. The van der Waals surface area contributed by atoms with Gasteiger partial charge in [-0.1, -0.05) is 82.8 Å². The van der Waals surface area contributed by atoms with Crippen molar-refractivity contribution in [3.8, 4) is 0 Å². The zero-order valence-corrected chi connectivity index (χ0v) is 44.4. The number of hydrogen-bond donors (Lipinski definition) is 4. The molecule has 18 heteroatoms. The van der Waals surface area contributed by atoms with E-state index in [0.717, 1.165) is 55.8 Å². The summed E-state index contributed by atoms with van der Waals surface area (Å²) in [4.78, 5) is 29.3. The van der Waals surface area contributed by atoms with Crippen molar-refractivity contribution < 1.29 is 48.2 Å². The first kappa shape index (κ1) is 57.9. The molecule has 0 aliphatic carbocycles. The van der Waals surface area contributed by atoms with Crippen LogP contribution in [0.3, 0.4) is 0 Å². The Morgan fingerprint density at radius 2 is 1.08 bits per heavy atom. The minimum absolute atomic E-state index is 0.0538. The highest BCUT2D eigenvalue weighted by Crippen LogP contribution is 2.40. The van der Waals surface area contributed by atoms with Crippen LogP contribution in [0.4, 0.5) is 5.69 Å². The molecule has 72 heavy (non-hydrogen) atoms. The lowest BCUT2D eigenvalue weighted by molar-refractivity contribution is -0.145. The molecule has 4 atom stereocenters. The highest BCUT2D eigenvalue weighted by Gasteiger charge is 2.31. The van der Waals surface area contributed by atoms with Crippen molar-refractivity contribution in [2.75, 3.05) is 125 Å². The maximum absolute atomic E-state index is 12.4. The number of carbonyl (C=O) groups is 2. The van der Waals surface area contributed by atoms with Gasteiger partial charge in [0.15, 0.2) is 11.9 Å². The number of carbonyl (C=O) groups excluding carboxylic acids is 2. The number of rotatable bonds is 32. The van der Waals surface area contributed by atoms with Crippen molar-refractivity contribution in [2.45, 2.75) is 62.8 Å². The fourth-order valence-electron chi connectivity index (χ4n) is 8.99. The number of fused-ring (bicyclic) bond motifs is 2. The van der Waals surface area contributed by atoms with Gasteiger partial charge in [0.25, 0.3) is 5.91 Å². The largest absolute Gasteiger partial charge is 0.383 e. The third-order valence-electron chi connectivity index (χ3n) is 12.6. The lowest BCUT2D eigenvalue weighted by Gasteiger charge is -2.33. The van der Waals surface area contributed by atoms with E-state index in [1.165, 1.54) is 27.8 Å². The predicted molar refractivity (Wildman–Crippen MR) is 283 cm³/mol. The van der Waals surface area contributed by atoms with Gasteiger partial charge in [-0.2, -0.15) is 0 Å². The van der Waals surface area contributed by atoms with E-state index in [4.69, 9.17) is 74.8 Å². The third-order valence-corrected chi connectivity index (χ3v) is 13.7. The van der Waals surface area contributed by atoms with Crippen LogP contribution < -0.4 is 10.6 Å². The van der Waals surface area contributed by atoms with Gasteiger partial charge in [-0.15, -0.1) is 0 Å². The van der Waals surface area contributed by atoms with Gasteiger partial charge >= 0.3 is 0 Å². The Morgan fingerprint density at radius 3 is 1.65 bits per heavy atom. The average molecular weight is 1080 g/mol. The second-order valence-corrected chi connectivity index (χ2v) is 19.9. The number of nitrogens with zero attached hydrogens (tertiary/aromatic N) is 2. The summed E-state index contributed by atoms with van der Waals surface area (Å²) in [6.07, 6.45) is -1.68. The van der Waals surface area contributed by atoms with E-state index < -0.39 is 23.9 Å². The van der Waals surface area contributed by atoms with Crippen molar-refractivity contribution in [1.82, 2.24) is 15.1 Å². The molecular formula is C54H70Cl4N4O10. The molecule has 0 aromatic heterocycles. The highest BCUT2D eigenvalue weighted by molar-refractivity contribution is 6.35. The van der Waals surface area contributed by atoms with Crippen LogP contribution in [-0.4, -0.2) is 163 Å². The number of nitrogens with one attached hydrogen (secondary N) is 2. The van der Waals surface area contributed by atoms with E-state index in [9.17, 15) is 19.8 Å². The van der Waals surface area contributed by atoms with Crippen LogP contribution in [0, 0.1) is 0 Å². The fraction of sp³-hybridized carbons (Fsp3) is 0.519. The maximum atomic E-state index is 12.4. The SMILES string of the molecule is CN1Cc2c(Cl)cc(Cl)cc2C(c2cccc(CCCOCCOCCOCCCC(=O)C(O)C(O)C(=O)NCCOCCOCCOCCNc3cccc(C4CN(C)Cc5c(Cl)cc(Cl)cc54)c3)c2)C1. The summed E-state index contributed by atoms with van der Waals surface area (Å²) in [6, 6.07) is 24.8. The molecule has 0 saturated carbocycles. The molecule has 0 fully saturated rings. The Balaban J connectivity index is 0.700. The van der Waals surface area contributed by atoms with Gasteiger partial charge in [0.05, 0.1) is 66.1 Å². The maximum Gasteiger partial charge on any atom is 0.252 e. The summed E-state index contributed by atoms with van der Waals surface area (Å²) in [7, 11) is 4.21. The number of aliphatic hydroxyl groups excluding tert-OH is 2. The molecule has 394 valence electrons. The quantitative estimate of drug-likeness (QED) is 0.0352. The van der Waals surface area contributed by atoms with Gasteiger partial charge in [-0.3, -0.25) is 9.59 Å². The zero-order chi connectivity index (χ0) is 51.2. The molecule has 2 aliphatic rings. The van der Waals surface area contributed by atoms with Crippen molar-refractivity contribution in [2.24, 2.45) is 0 Å². The van der Waals surface area contributed by atoms with Gasteiger partial charge in [0.1, 0.15) is 6.10 Å². The third kappa shape index (κ3) is 18.4. The molecular weight excluding hydrogens is 1010 g/mol. The Kier molecular flexibility index (Phi) is 24.8. The number of aliphatic hydroxyl groups is 2. The Morgan fingerprint density at radius 1 is 0.597 bits per heavy atom. The number of hydrogen-bond acceptors (Lipinski definition) is 13.